The van der Waals surface area contributed by atoms with Crippen LogP contribution in [0.1, 0.15) is 74.2 Å². The zero-order valence-electron chi connectivity index (χ0n) is 22.7. The van der Waals surface area contributed by atoms with E-state index in [4.69, 9.17) is 0 Å². The van der Waals surface area contributed by atoms with Gasteiger partial charge in [0.25, 0.3) is 5.91 Å². The lowest BCUT2D eigenvalue weighted by molar-refractivity contribution is -0.122. The monoisotopic (exact) mass is 577 g/mol. The van der Waals surface area contributed by atoms with Gasteiger partial charge in [-0.2, -0.15) is 11.8 Å². The van der Waals surface area contributed by atoms with Crippen molar-refractivity contribution in [3.05, 3.63) is 34.9 Å². The number of urea groups is 1. The molecular weight excluding hydrogens is 540 g/mol. The molecule has 0 spiro atoms. The third kappa shape index (κ3) is 9.70. The molecule has 2 aliphatic heterocycles. The van der Waals surface area contributed by atoms with Crippen molar-refractivity contribution in [1.82, 2.24) is 26.6 Å². The molecule has 218 valence electrons. The summed E-state index contributed by atoms with van der Waals surface area (Å²) in [5, 5.41) is 14.2. The van der Waals surface area contributed by atoms with Crippen LogP contribution in [0, 0.1) is 23.5 Å². The van der Waals surface area contributed by atoms with E-state index in [0.717, 1.165) is 50.0 Å². The fourth-order valence-electron chi connectivity index (χ4n) is 4.67. The van der Waals surface area contributed by atoms with Gasteiger partial charge in [0.1, 0.15) is 11.6 Å². The number of halogens is 2. The number of thioether (sulfide) groups is 1. The van der Waals surface area contributed by atoms with E-state index in [1.165, 1.54) is 0 Å². The maximum Gasteiger partial charge on any atom is 0.315 e. The summed E-state index contributed by atoms with van der Waals surface area (Å²) in [7, 11) is 0. The van der Waals surface area contributed by atoms with Gasteiger partial charge in [0.15, 0.2) is 0 Å². The van der Waals surface area contributed by atoms with E-state index >= 15 is 0 Å². The molecule has 2 aliphatic rings. The van der Waals surface area contributed by atoms with E-state index < -0.39 is 17.5 Å². The molecule has 3 unspecified atom stereocenters. The second kappa shape index (κ2) is 16.1. The number of amides is 5. The van der Waals surface area contributed by atoms with Crippen molar-refractivity contribution in [2.75, 3.05) is 18.8 Å². The predicted molar refractivity (Wildman–Crippen MR) is 149 cm³/mol. The van der Waals surface area contributed by atoms with Crippen LogP contribution in [0.4, 0.5) is 13.6 Å². The maximum absolute atomic E-state index is 14.3. The van der Waals surface area contributed by atoms with Gasteiger partial charge in [-0.15, -0.1) is 5.92 Å². The zero-order chi connectivity index (χ0) is 28.9. The highest BCUT2D eigenvalue weighted by atomic mass is 32.2. The van der Waals surface area contributed by atoms with Crippen LogP contribution in [0.25, 0.3) is 0 Å². The van der Waals surface area contributed by atoms with Gasteiger partial charge >= 0.3 is 6.03 Å². The summed E-state index contributed by atoms with van der Waals surface area (Å²) in [6, 6.07) is 2.19. The first-order valence-corrected chi connectivity index (χ1v) is 14.7. The van der Waals surface area contributed by atoms with Crippen molar-refractivity contribution >= 4 is 35.5 Å². The Morgan fingerprint density at radius 3 is 2.40 bits per heavy atom. The number of carbonyl (C=O) groups excluding carboxylic acids is 4. The topological polar surface area (TPSA) is 128 Å². The van der Waals surface area contributed by atoms with E-state index in [2.05, 4.69) is 38.4 Å². The SMILES string of the molecule is CC#CCNC(=O)c1cc(F)c(CNC(=O)CCCCCNC(=O)CCCCC2SCC3NC(=O)NC32)c(F)c1. The summed E-state index contributed by atoms with van der Waals surface area (Å²) >= 11 is 1.87. The number of hydrogen-bond donors (Lipinski definition) is 5. The first-order chi connectivity index (χ1) is 19.3. The summed E-state index contributed by atoms with van der Waals surface area (Å²) < 4.78 is 28.7. The Morgan fingerprint density at radius 1 is 0.975 bits per heavy atom. The van der Waals surface area contributed by atoms with Gasteiger partial charge in [-0.25, -0.2) is 13.6 Å². The van der Waals surface area contributed by atoms with Gasteiger partial charge in [-0.1, -0.05) is 18.8 Å². The van der Waals surface area contributed by atoms with Crippen molar-refractivity contribution in [3.8, 4) is 11.8 Å². The van der Waals surface area contributed by atoms with Crippen LogP contribution < -0.4 is 26.6 Å². The molecule has 5 N–H and O–H groups in total. The molecule has 0 bridgehead atoms. The number of rotatable bonds is 15. The van der Waals surface area contributed by atoms with Crippen molar-refractivity contribution in [2.45, 2.75) is 82.2 Å². The molecule has 40 heavy (non-hydrogen) atoms. The second-order valence-corrected chi connectivity index (χ2v) is 11.1. The smallest absolute Gasteiger partial charge is 0.315 e. The lowest BCUT2D eigenvalue weighted by atomic mass is 10.0. The third-order valence-corrected chi connectivity index (χ3v) is 8.37. The Hall–Kier alpha value is -3.33. The van der Waals surface area contributed by atoms with E-state index in [-0.39, 0.29) is 60.6 Å². The van der Waals surface area contributed by atoms with Crippen molar-refractivity contribution in [1.29, 1.82) is 0 Å². The van der Waals surface area contributed by atoms with Gasteiger partial charge in [0.2, 0.25) is 11.8 Å². The number of unbranched alkanes of at least 4 members (excludes halogenated alkanes) is 3. The highest BCUT2D eigenvalue weighted by Crippen LogP contribution is 2.33. The maximum atomic E-state index is 14.3. The first kappa shape index (κ1) is 31.2. The highest BCUT2D eigenvalue weighted by molar-refractivity contribution is 8.00. The van der Waals surface area contributed by atoms with Gasteiger partial charge in [0, 0.05) is 48.1 Å². The minimum absolute atomic E-state index is 0.00715. The molecular formula is C28H37F2N5O4S. The summed E-state index contributed by atoms with van der Waals surface area (Å²) in [6.07, 6.45) is 5.40. The van der Waals surface area contributed by atoms with Crippen LogP contribution in [0.2, 0.25) is 0 Å². The Balaban J connectivity index is 1.21. The van der Waals surface area contributed by atoms with Crippen LogP contribution in [-0.2, 0) is 16.1 Å². The van der Waals surface area contributed by atoms with Crippen LogP contribution in [0.5, 0.6) is 0 Å². The minimum atomic E-state index is -0.909. The van der Waals surface area contributed by atoms with Crippen molar-refractivity contribution in [3.63, 3.8) is 0 Å². The standard InChI is InChI=1S/C28H37F2N5O4S/c1-2-3-12-32-27(38)18-14-20(29)19(21(30)15-18)16-33-25(37)10-5-4-8-13-31-24(36)11-7-6-9-23-26-22(17-40-23)34-28(39)35-26/h14-15,22-23,26H,4-13,16-17H2,1H3,(H,31,36)(H,32,38)(H,33,37)(H2,34,35,39). The molecule has 2 heterocycles. The summed E-state index contributed by atoms with van der Waals surface area (Å²) in [6.45, 7) is 1.90. The normalized spacial score (nSPS) is 19.1. The number of benzene rings is 1. The Morgan fingerprint density at radius 2 is 1.68 bits per heavy atom. The minimum Gasteiger partial charge on any atom is -0.356 e. The molecule has 9 nitrogen and oxygen atoms in total. The first-order valence-electron chi connectivity index (χ1n) is 13.7. The summed E-state index contributed by atoms with van der Waals surface area (Å²) in [5.74, 6) is 3.39. The van der Waals surface area contributed by atoms with E-state index in [1.807, 2.05) is 11.8 Å². The number of nitrogens with one attached hydrogen (secondary N) is 5. The highest BCUT2D eigenvalue weighted by Gasteiger charge is 2.42. The fourth-order valence-corrected chi connectivity index (χ4v) is 6.21. The van der Waals surface area contributed by atoms with Crippen molar-refractivity contribution < 1.29 is 28.0 Å². The molecule has 1 aromatic carbocycles. The van der Waals surface area contributed by atoms with E-state index in [1.54, 1.807) is 6.92 Å². The Kier molecular flexibility index (Phi) is 12.5. The van der Waals surface area contributed by atoms with E-state index in [9.17, 15) is 28.0 Å². The molecule has 3 rings (SSSR count). The largest absolute Gasteiger partial charge is 0.356 e. The fraction of sp³-hybridized carbons (Fsp3) is 0.571. The Bertz CT molecular complexity index is 1120. The van der Waals surface area contributed by atoms with Crippen LogP contribution in [0.15, 0.2) is 12.1 Å². The van der Waals surface area contributed by atoms with Crippen LogP contribution in [0.3, 0.4) is 0 Å². The molecule has 0 saturated carbocycles. The third-order valence-electron chi connectivity index (χ3n) is 6.86. The lowest BCUT2D eigenvalue weighted by Crippen LogP contribution is -2.36. The summed E-state index contributed by atoms with van der Waals surface area (Å²) in [4.78, 5) is 47.6. The quantitative estimate of drug-likeness (QED) is 0.124. The lowest BCUT2D eigenvalue weighted by Gasteiger charge is -2.16. The summed E-state index contributed by atoms with van der Waals surface area (Å²) in [5.41, 5.74) is -0.469. The van der Waals surface area contributed by atoms with Crippen LogP contribution >= 0.6 is 11.8 Å². The van der Waals surface area contributed by atoms with E-state index in [0.29, 0.717) is 24.6 Å². The average Bonchev–Trinajstić information content (AvgIpc) is 3.47. The van der Waals surface area contributed by atoms with Gasteiger partial charge in [0.05, 0.1) is 18.6 Å². The van der Waals surface area contributed by atoms with Gasteiger partial charge in [-0.3, -0.25) is 14.4 Å². The molecule has 12 heteroatoms. The number of fused-ring (bicyclic) bond motifs is 1. The van der Waals surface area contributed by atoms with Crippen molar-refractivity contribution in [2.24, 2.45) is 0 Å². The molecule has 0 radical (unpaired) electrons. The molecule has 2 fully saturated rings. The second-order valence-electron chi connectivity index (χ2n) is 9.83. The van der Waals surface area contributed by atoms with Crippen LogP contribution in [-0.4, -0.2) is 59.9 Å². The molecule has 5 amide bonds. The molecule has 2 saturated heterocycles. The predicted octanol–water partition coefficient (Wildman–Crippen LogP) is 2.74. The Labute approximate surface area is 237 Å². The zero-order valence-corrected chi connectivity index (χ0v) is 23.5. The number of carbonyl (C=O) groups is 4. The van der Waals surface area contributed by atoms with Gasteiger partial charge in [-0.05, 0) is 44.7 Å². The molecule has 3 atom stereocenters. The molecule has 0 aliphatic carbocycles. The number of hydrogen-bond acceptors (Lipinski definition) is 5. The average molecular weight is 578 g/mol. The molecule has 1 aromatic rings. The van der Waals surface area contributed by atoms with Gasteiger partial charge < -0.3 is 26.6 Å². The molecule has 0 aromatic heterocycles.